The van der Waals surface area contributed by atoms with Crippen LogP contribution < -0.4 is 14.8 Å². The Kier molecular flexibility index (Phi) is 8.48. The van der Waals surface area contributed by atoms with Crippen molar-refractivity contribution in [1.29, 1.82) is 0 Å². The van der Waals surface area contributed by atoms with Crippen LogP contribution in [0.4, 0.5) is 4.79 Å². The number of hydrogen-bond donors (Lipinski definition) is 2. The number of methoxy groups -OCH3 is 1. The molecule has 42 heavy (non-hydrogen) atoms. The van der Waals surface area contributed by atoms with Gasteiger partial charge in [-0.05, 0) is 55.6 Å². The number of aryl methyl sites for hydroxylation is 1. The van der Waals surface area contributed by atoms with E-state index in [9.17, 15) is 19.5 Å². The topological polar surface area (TPSA) is 140 Å². The summed E-state index contributed by atoms with van der Waals surface area (Å²) in [6.45, 7) is 7.44. The molecule has 1 saturated carbocycles. The molecule has 1 aromatic carbocycles. The van der Waals surface area contributed by atoms with Crippen molar-refractivity contribution in [3.8, 4) is 11.6 Å². The summed E-state index contributed by atoms with van der Waals surface area (Å²) in [7, 11) is 1.59. The molecule has 1 aliphatic carbocycles. The van der Waals surface area contributed by atoms with Crippen molar-refractivity contribution < 1.29 is 33.7 Å². The maximum atomic E-state index is 14.0. The lowest BCUT2D eigenvalue weighted by atomic mass is 9.85. The average molecular weight is 583 g/mol. The van der Waals surface area contributed by atoms with Crippen LogP contribution in [0.15, 0.2) is 18.2 Å². The summed E-state index contributed by atoms with van der Waals surface area (Å²) in [6.07, 6.45) is 4.31. The van der Waals surface area contributed by atoms with Crippen LogP contribution in [-0.2, 0) is 20.7 Å². The second-order valence-electron chi connectivity index (χ2n) is 12.8. The van der Waals surface area contributed by atoms with Gasteiger partial charge in [0.2, 0.25) is 11.8 Å². The van der Waals surface area contributed by atoms with Gasteiger partial charge in [-0.25, -0.2) is 19.6 Å². The van der Waals surface area contributed by atoms with Crippen LogP contribution in [0.3, 0.4) is 0 Å². The molecule has 5 rings (SSSR count). The number of ether oxygens (including phenoxy) is 3. The zero-order valence-corrected chi connectivity index (χ0v) is 25.1. The molecule has 0 radical (unpaired) electrons. The number of benzene rings is 1. The van der Waals surface area contributed by atoms with Crippen LogP contribution in [0, 0.1) is 17.3 Å². The molecule has 0 spiro atoms. The highest BCUT2D eigenvalue weighted by Crippen LogP contribution is 2.39. The molecule has 6 unspecified atom stereocenters. The van der Waals surface area contributed by atoms with Gasteiger partial charge in [-0.15, -0.1) is 0 Å². The number of nitrogens with one attached hydrogen (secondary N) is 1. The van der Waals surface area contributed by atoms with Gasteiger partial charge in [0, 0.05) is 12.0 Å². The van der Waals surface area contributed by atoms with Crippen molar-refractivity contribution in [3.05, 3.63) is 23.9 Å². The van der Waals surface area contributed by atoms with E-state index < -0.39 is 47.5 Å². The van der Waals surface area contributed by atoms with Gasteiger partial charge in [0.25, 0.3) is 0 Å². The Labute approximate surface area is 246 Å². The van der Waals surface area contributed by atoms with Gasteiger partial charge in [-0.2, -0.15) is 0 Å². The molecule has 2 amide bonds. The van der Waals surface area contributed by atoms with Gasteiger partial charge in [-0.3, -0.25) is 4.79 Å². The fraction of sp³-hybridized carbons (Fsp3) is 0.645. The smallest absolute Gasteiger partial charge is 0.408 e. The Balaban J connectivity index is 1.53. The summed E-state index contributed by atoms with van der Waals surface area (Å²) >= 11 is 0. The molecule has 6 atom stereocenters. The first-order valence-electron chi connectivity index (χ1n) is 15.0. The van der Waals surface area contributed by atoms with Crippen molar-refractivity contribution in [3.63, 3.8) is 0 Å². The molecule has 2 fully saturated rings. The van der Waals surface area contributed by atoms with E-state index in [-0.39, 0.29) is 12.6 Å². The van der Waals surface area contributed by atoms with Crippen molar-refractivity contribution in [2.75, 3.05) is 13.7 Å². The minimum atomic E-state index is -1.12. The van der Waals surface area contributed by atoms with Crippen LogP contribution in [0.5, 0.6) is 11.6 Å². The van der Waals surface area contributed by atoms with E-state index in [2.05, 4.69) is 5.32 Å². The predicted molar refractivity (Wildman–Crippen MR) is 154 cm³/mol. The van der Waals surface area contributed by atoms with Gasteiger partial charge in [0.15, 0.2) is 0 Å². The Morgan fingerprint density at radius 1 is 1.12 bits per heavy atom. The van der Waals surface area contributed by atoms with Crippen LogP contribution in [0.1, 0.15) is 71.9 Å². The lowest BCUT2D eigenvalue weighted by Gasteiger charge is -2.34. The summed E-state index contributed by atoms with van der Waals surface area (Å²) in [5, 5.41) is 13.1. The monoisotopic (exact) mass is 582 g/mol. The third-order valence-corrected chi connectivity index (χ3v) is 8.75. The molecule has 1 saturated heterocycles. The molecule has 1 aromatic heterocycles. The highest BCUT2D eigenvalue weighted by molar-refractivity contribution is 5.90. The van der Waals surface area contributed by atoms with Gasteiger partial charge in [0.1, 0.15) is 35.7 Å². The average Bonchev–Trinajstić information content (AvgIpc) is 3.56. The number of fused-ring (bicyclic) bond motifs is 5. The van der Waals surface area contributed by atoms with Crippen molar-refractivity contribution in [2.24, 2.45) is 17.3 Å². The molecule has 11 nitrogen and oxygen atoms in total. The first kappa shape index (κ1) is 29.8. The summed E-state index contributed by atoms with van der Waals surface area (Å²) in [5.74, 6) is -0.769. The number of alkyl carbamates (subject to hydrolysis) is 1. The van der Waals surface area contributed by atoms with Gasteiger partial charge >= 0.3 is 12.1 Å². The second kappa shape index (κ2) is 11.9. The summed E-state index contributed by atoms with van der Waals surface area (Å²) in [4.78, 5) is 50.6. The fourth-order valence-corrected chi connectivity index (χ4v) is 6.26. The molecule has 228 valence electrons. The van der Waals surface area contributed by atoms with Crippen molar-refractivity contribution in [1.82, 2.24) is 20.2 Å². The highest BCUT2D eigenvalue weighted by atomic mass is 16.6. The SMILES string of the molecule is CCC1C2CN(C(=O)C(C(C)(C)C)NC(=O)OC3CC3CCCCCc3nc4ccc(OC)cc4nc3O2)C1C(=O)O. The number of carbonyl (C=O) groups excluding carboxylic acids is 2. The molecular weight excluding hydrogens is 540 g/mol. The molecule has 11 heteroatoms. The van der Waals surface area contributed by atoms with Crippen LogP contribution >= 0.6 is 0 Å². The number of aliphatic carboxylic acids is 1. The maximum Gasteiger partial charge on any atom is 0.408 e. The van der Waals surface area contributed by atoms with Crippen molar-refractivity contribution >= 4 is 29.0 Å². The number of rotatable bonds is 3. The molecule has 2 aromatic rings. The number of hydrogen-bond acceptors (Lipinski definition) is 8. The van der Waals surface area contributed by atoms with E-state index in [0.717, 1.165) is 37.6 Å². The van der Waals surface area contributed by atoms with Crippen LogP contribution in [0.25, 0.3) is 11.0 Å². The van der Waals surface area contributed by atoms with Gasteiger partial charge in [-0.1, -0.05) is 40.5 Å². The minimum absolute atomic E-state index is 0.0413. The number of carbonyl (C=O) groups is 3. The molecule has 2 bridgehead atoms. The first-order chi connectivity index (χ1) is 20.0. The molecule has 3 aliphatic rings. The predicted octanol–water partition coefficient (Wildman–Crippen LogP) is 4.35. The van der Waals surface area contributed by atoms with E-state index in [0.29, 0.717) is 41.6 Å². The third kappa shape index (κ3) is 6.24. The highest BCUT2D eigenvalue weighted by Gasteiger charge is 2.51. The van der Waals surface area contributed by atoms with E-state index in [1.165, 1.54) is 4.90 Å². The van der Waals surface area contributed by atoms with Crippen LogP contribution in [0.2, 0.25) is 0 Å². The summed E-state index contributed by atoms with van der Waals surface area (Å²) < 4.78 is 17.6. The number of carboxylic acid groups (broad SMARTS) is 1. The Morgan fingerprint density at radius 3 is 2.60 bits per heavy atom. The standard InChI is InChI=1S/C31H42N4O7/c1-6-19-24-16-35(25(19)29(37)38)28(36)26(31(2,3)4)34-30(39)42-23-14-17(23)10-8-7-9-11-21-27(41-24)33-22-15-18(40-5)12-13-20(22)32-21/h12-13,15,17,19,23-26H,6-11,14,16H2,1-5H3,(H,34,39)(H,37,38). The first-order valence-corrected chi connectivity index (χ1v) is 15.0. The second-order valence-corrected chi connectivity index (χ2v) is 12.8. The Morgan fingerprint density at radius 2 is 1.90 bits per heavy atom. The largest absolute Gasteiger partial charge is 0.497 e. The number of nitrogens with zero attached hydrogens (tertiary/aromatic N) is 3. The van der Waals surface area contributed by atoms with Crippen molar-refractivity contribution in [2.45, 2.75) is 96.9 Å². The third-order valence-electron chi connectivity index (χ3n) is 8.75. The molecular formula is C31H42N4O7. The lowest BCUT2D eigenvalue weighted by molar-refractivity contribution is -0.151. The summed E-state index contributed by atoms with van der Waals surface area (Å²) in [5.41, 5.74) is 1.35. The van der Waals surface area contributed by atoms with E-state index >= 15 is 0 Å². The number of amides is 2. The number of aromatic nitrogens is 2. The zero-order valence-electron chi connectivity index (χ0n) is 25.1. The van der Waals surface area contributed by atoms with Gasteiger partial charge in [0.05, 0.1) is 24.7 Å². The Bertz CT molecular complexity index is 1340. The van der Waals surface area contributed by atoms with E-state index in [4.69, 9.17) is 24.2 Å². The lowest BCUT2D eigenvalue weighted by Crippen LogP contribution is -2.57. The molecule has 2 aliphatic heterocycles. The normalized spacial score (nSPS) is 28.8. The molecule has 3 heterocycles. The van der Waals surface area contributed by atoms with E-state index in [1.807, 2.05) is 39.8 Å². The Hall–Kier alpha value is -3.63. The number of carboxylic acids is 1. The van der Waals surface area contributed by atoms with Crippen LogP contribution in [-0.4, -0.2) is 75.9 Å². The van der Waals surface area contributed by atoms with E-state index in [1.54, 1.807) is 13.2 Å². The van der Waals surface area contributed by atoms with Gasteiger partial charge < -0.3 is 29.5 Å². The quantitative estimate of drug-likeness (QED) is 0.540. The summed E-state index contributed by atoms with van der Waals surface area (Å²) in [6, 6.07) is 3.40. The zero-order chi connectivity index (χ0) is 30.2. The minimum Gasteiger partial charge on any atom is -0.497 e. The molecule has 2 N–H and O–H groups in total. The fourth-order valence-electron chi connectivity index (χ4n) is 6.26. The maximum absolute atomic E-state index is 14.0.